The van der Waals surface area contributed by atoms with E-state index in [1.807, 2.05) is 4.98 Å². The summed E-state index contributed by atoms with van der Waals surface area (Å²) in [4.78, 5) is 27.9. The Morgan fingerprint density at radius 2 is 2.04 bits per heavy atom. The molecule has 8 heteroatoms. The molecule has 1 atom stereocenters. The van der Waals surface area contributed by atoms with Crippen LogP contribution in [0.2, 0.25) is 0 Å². The minimum absolute atomic E-state index is 0.00784. The van der Waals surface area contributed by atoms with Crippen LogP contribution in [-0.4, -0.2) is 19.7 Å². The predicted molar refractivity (Wildman–Crippen MR) is 80.7 cm³/mol. The Bertz CT molecular complexity index is 1000. The standard InChI is InChI=1S/C15H14F2N4O2/c1-7-3-4-9(5-10(7)17)8(2)21-13-12(11(6-16)20-21)14(22)19-15(23)18-13/h3-5,8H,6H2,1-2H3,(H2,18,19,22,23). The van der Waals surface area contributed by atoms with E-state index < -0.39 is 24.0 Å². The maximum atomic E-state index is 13.8. The summed E-state index contributed by atoms with van der Waals surface area (Å²) in [5.74, 6) is -0.372. The van der Waals surface area contributed by atoms with Crippen LogP contribution in [0.3, 0.4) is 0 Å². The quantitative estimate of drug-likeness (QED) is 0.773. The SMILES string of the molecule is Cc1ccc(C(C)n2nc(CF)c3c(=O)[nH]c(=O)[nH]c32)cc1F. The number of alkyl halides is 1. The summed E-state index contributed by atoms with van der Waals surface area (Å²) in [6, 6.07) is 4.20. The van der Waals surface area contributed by atoms with Crippen molar-refractivity contribution in [1.82, 2.24) is 19.7 Å². The summed E-state index contributed by atoms with van der Waals surface area (Å²) in [5.41, 5.74) is -0.289. The van der Waals surface area contributed by atoms with E-state index >= 15 is 0 Å². The Morgan fingerprint density at radius 1 is 1.30 bits per heavy atom. The first-order valence-corrected chi connectivity index (χ1v) is 6.98. The number of rotatable bonds is 3. The van der Waals surface area contributed by atoms with Crippen LogP contribution < -0.4 is 11.2 Å². The number of hydrogen-bond acceptors (Lipinski definition) is 3. The number of nitrogens with one attached hydrogen (secondary N) is 2. The molecule has 3 rings (SSSR count). The lowest BCUT2D eigenvalue weighted by Gasteiger charge is -2.14. The molecule has 2 heterocycles. The zero-order valence-electron chi connectivity index (χ0n) is 12.5. The summed E-state index contributed by atoms with van der Waals surface area (Å²) in [6.45, 7) is 2.41. The maximum Gasteiger partial charge on any atom is 0.327 e. The fourth-order valence-corrected chi connectivity index (χ4v) is 2.53. The van der Waals surface area contributed by atoms with Crippen molar-refractivity contribution in [1.29, 1.82) is 0 Å². The van der Waals surface area contributed by atoms with Crippen LogP contribution in [0.25, 0.3) is 11.0 Å². The van der Waals surface area contributed by atoms with Crippen LogP contribution in [0.5, 0.6) is 0 Å². The molecule has 6 nitrogen and oxygen atoms in total. The zero-order chi connectivity index (χ0) is 16.7. The van der Waals surface area contributed by atoms with Crippen LogP contribution in [0.15, 0.2) is 27.8 Å². The minimum atomic E-state index is -0.951. The topological polar surface area (TPSA) is 83.5 Å². The summed E-state index contributed by atoms with van der Waals surface area (Å²) in [7, 11) is 0. The van der Waals surface area contributed by atoms with Gasteiger partial charge in [-0.15, -0.1) is 0 Å². The number of nitrogens with zero attached hydrogens (tertiary/aromatic N) is 2. The minimum Gasteiger partial charge on any atom is -0.291 e. The van der Waals surface area contributed by atoms with Gasteiger partial charge in [0, 0.05) is 0 Å². The lowest BCUT2D eigenvalue weighted by atomic mass is 10.1. The average Bonchev–Trinajstić information content (AvgIpc) is 2.88. The molecule has 0 aliphatic heterocycles. The monoisotopic (exact) mass is 320 g/mol. The molecule has 120 valence electrons. The third kappa shape index (κ3) is 2.45. The van der Waals surface area contributed by atoms with Gasteiger partial charge in [-0.2, -0.15) is 5.10 Å². The fourth-order valence-electron chi connectivity index (χ4n) is 2.53. The third-order valence-corrected chi connectivity index (χ3v) is 3.84. The van der Waals surface area contributed by atoms with Crippen molar-refractivity contribution in [2.75, 3.05) is 0 Å². The first-order chi connectivity index (χ1) is 10.9. The zero-order valence-corrected chi connectivity index (χ0v) is 12.5. The number of aromatic amines is 2. The number of halogens is 2. The number of aryl methyl sites for hydroxylation is 1. The molecule has 0 bridgehead atoms. The van der Waals surface area contributed by atoms with E-state index in [-0.39, 0.29) is 22.5 Å². The molecule has 0 aliphatic carbocycles. The van der Waals surface area contributed by atoms with Crippen LogP contribution >= 0.6 is 0 Å². The molecule has 0 saturated carbocycles. The molecule has 2 aromatic heterocycles. The van der Waals surface area contributed by atoms with Crippen LogP contribution in [0.1, 0.15) is 29.8 Å². The molecule has 0 radical (unpaired) electrons. The Kier molecular flexibility index (Phi) is 3.59. The second kappa shape index (κ2) is 5.45. The van der Waals surface area contributed by atoms with Gasteiger partial charge in [-0.25, -0.2) is 18.3 Å². The molecule has 23 heavy (non-hydrogen) atoms. The highest BCUT2D eigenvalue weighted by atomic mass is 19.1. The number of benzene rings is 1. The number of H-pyrrole nitrogens is 2. The molecular formula is C15H14F2N4O2. The van der Waals surface area contributed by atoms with Gasteiger partial charge in [0.2, 0.25) is 0 Å². The van der Waals surface area contributed by atoms with Gasteiger partial charge in [-0.3, -0.25) is 14.8 Å². The highest BCUT2D eigenvalue weighted by Crippen LogP contribution is 2.24. The molecule has 0 spiro atoms. The maximum absolute atomic E-state index is 13.8. The van der Waals surface area contributed by atoms with Crippen molar-refractivity contribution in [2.45, 2.75) is 26.6 Å². The lowest BCUT2D eigenvalue weighted by Crippen LogP contribution is -2.23. The van der Waals surface area contributed by atoms with Crippen LogP contribution in [0.4, 0.5) is 8.78 Å². The summed E-state index contributed by atoms with van der Waals surface area (Å²) < 4.78 is 28.2. The molecular weight excluding hydrogens is 306 g/mol. The van der Waals surface area contributed by atoms with Gasteiger partial charge in [-0.1, -0.05) is 12.1 Å². The largest absolute Gasteiger partial charge is 0.327 e. The Hall–Kier alpha value is -2.77. The van der Waals surface area contributed by atoms with Gasteiger partial charge < -0.3 is 0 Å². The van der Waals surface area contributed by atoms with Gasteiger partial charge in [0.1, 0.15) is 29.2 Å². The predicted octanol–water partition coefficient (Wildman–Crippen LogP) is 1.94. The molecule has 0 fully saturated rings. The van der Waals surface area contributed by atoms with E-state index in [1.54, 1.807) is 26.0 Å². The van der Waals surface area contributed by atoms with Crippen molar-refractivity contribution in [3.8, 4) is 0 Å². The number of fused-ring (bicyclic) bond motifs is 1. The fraction of sp³-hybridized carbons (Fsp3) is 0.267. The molecule has 2 N–H and O–H groups in total. The average molecular weight is 320 g/mol. The van der Waals surface area contributed by atoms with Gasteiger partial charge >= 0.3 is 5.69 Å². The highest BCUT2D eigenvalue weighted by molar-refractivity contribution is 5.77. The third-order valence-electron chi connectivity index (χ3n) is 3.84. The highest BCUT2D eigenvalue weighted by Gasteiger charge is 2.20. The normalized spacial score (nSPS) is 12.7. The van der Waals surface area contributed by atoms with E-state index in [2.05, 4.69) is 10.1 Å². The smallest absolute Gasteiger partial charge is 0.291 e. The Balaban J connectivity index is 2.25. The van der Waals surface area contributed by atoms with Gasteiger partial charge in [0.15, 0.2) is 0 Å². The van der Waals surface area contributed by atoms with E-state index in [4.69, 9.17) is 0 Å². The molecule has 3 aromatic rings. The van der Waals surface area contributed by atoms with Gasteiger partial charge in [-0.05, 0) is 31.0 Å². The molecule has 0 amide bonds. The van der Waals surface area contributed by atoms with Crippen molar-refractivity contribution in [2.24, 2.45) is 0 Å². The Morgan fingerprint density at radius 3 is 2.70 bits per heavy atom. The molecule has 0 saturated heterocycles. The van der Waals surface area contributed by atoms with Crippen molar-refractivity contribution in [3.05, 3.63) is 61.7 Å². The molecule has 1 unspecified atom stereocenters. The van der Waals surface area contributed by atoms with Crippen molar-refractivity contribution >= 4 is 11.0 Å². The van der Waals surface area contributed by atoms with E-state index in [1.165, 1.54) is 10.7 Å². The summed E-state index contributed by atoms with van der Waals surface area (Å²) >= 11 is 0. The molecule has 0 aliphatic rings. The summed E-state index contributed by atoms with van der Waals surface area (Å²) in [6.07, 6.45) is 0. The first kappa shape index (κ1) is 15.1. The van der Waals surface area contributed by atoms with Gasteiger partial charge in [0.25, 0.3) is 5.56 Å². The van der Waals surface area contributed by atoms with Gasteiger partial charge in [0.05, 0.1) is 6.04 Å². The second-order valence-electron chi connectivity index (χ2n) is 5.34. The first-order valence-electron chi connectivity index (χ1n) is 6.98. The lowest BCUT2D eigenvalue weighted by molar-refractivity contribution is 0.464. The second-order valence-corrected chi connectivity index (χ2v) is 5.34. The van der Waals surface area contributed by atoms with E-state index in [0.29, 0.717) is 11.1 Å². The van der Waals surface area contributed by atoms with Crippen molar-refractivity contribution < 1.29 is 8.78 Å². The van der Waals surface area contributed by atoms with Crippen molar-refractivity contribution in [3.63, 3.8) is 0 Å². The van der Waals surface area contributed by atoms with E-state index in [0.717, 1.165) is 0 Å². The Labute approximate surface area is 128 Å². The van der Waals surface area contributed by atoms with Crippen LogP contribution in [-0.2, 0) is 6.67 Å². The number of aromatic nitrogens is 4. The molecule has 1 aromatic carbocycles. The summed E-state index contributed by atoms with van der Waals surface area (Å²) in [5, 5.41) is 4.06. The number of hydrogen-bond donors (Lipinski definition) is 2. The van der Waals surface area contributed by atoms with E-state index in [9.17, 15) is 18.4 Å². The van der Waals surface area contributed by atoms with Crippen LogP contribution in [0, 0.1) is 12.7 Å².